The first kappa shape index (κ1) is 2.78. The topological polar surface area (TPSA) is 37.8 Å². The molecule has 5 heavy (non-hydrogen) atoms. The zero-order chi connectivity index (χ0) is 3.54. The van der Waals surface area contributed by atoms with E-state index in [1.807, 2.05) is 0 Å². The second kappa shape index (κ2) is 1.12. The lowest BCUT2D eigenvalue weighted by atomic mass is 11.1. The van der Waals surface area contributed by atoms with Crippen molar-refractivity contribution in [3.8, 4) is 0 Å². The summed E-state index contributed by atoms with van der Waals surface area (Å²) in [5, 5.41) is 7.11. The van der Waals surface area contributed by atoms with E-state index in [0.717, 1.165) is 0 Å². The molecule has 0 aromatic heterocycles. The van der Waals surface area contributed by atoms with Gasteiger partial charge < -0.3 is 5.32 Å². The molecule has 0 aromatic rings. The minimum atomic E-state index is 0.458. The predicted molar refractivity (Wildman–Crippen MR) is 18.9 cm³/mol. The summed E-state index contributed by atoms with van der Waals surface area (Å²) in [6.07, 6.45) is 0. The highest BCUT2D eigenvalue weighted by molar-refractivity contribution is 4.90. The molecule has 1 aliphatic heterocycles. The Balaban J connectivity index is 2.32. The van der Waals surface area contributed by atoms with Crippen molar-refractivity contribution in [2.75, 3.05) is 13.4 Å². The molecule has 0 aliphatic carbocycles. The van der Waals surface area contributed by atoms with Crippen molar-refractivity contribution < 1.29 is 0 Å². The standard InChI is InChI=1S/C2H4N2O/c1-3-2-5-4-1/h1-2H2. The van der Waals surface area contributed by atoms with E-state index >= 15 is 0 Å². The van der Waals surface area contributed by atoms with Crippen LogP contribution in [-0.2, 0) is 0 Å². The fraction of sp³-hybridized carbons (Fsp3) is 1.00. The SMILES string of the molecule is C1N=[O+]C[N-]1. The largest absolute Gasteiger partial charge is 0.545 e. The zero-order valence-corrected chi connectivity index (χ0v) is 2.72. The molecule has 0 unspecified atom stereocenters. The van der Waals surface area contributed by atoms with Gasteiger partial charge in [-0.1, -0.05) is 0 Å². The van der Waals surface area contributed by atoms with Gasteiger partial charge in [0.05, 0.1) is 11.8 Å². The second-order valence-electron chi connectivity index (χ2n) is 0.752. The lowest BCUT2D eigenvalue weighted by Gasteiger charge is -1.82. The molecular weight excluding hydrogens is 68.0 g/mol. The normalized spacial score (nSPS) is 20.8. The third-order valence-electron chi connectivity index (χ3n) is 0.398. The maximum absolute atomic E-state index is 4.40. The molecule has 0 bridgehead atoms. The molecular formula is C2H4N2O. The fourth-order valence-corrected chi connectivity index (χ4v) is 0.204. The first-order valence-electron chi connectivity index (χ1n) is 1.42. The van der Waals surface area contributed by atoms with Gasteiger partial charge in [-0.2, -0.15) is 0 Å². The third kappa shape index (κ3) is 0.417. The van der Waals surface area contributed by atoms with E-state index < -0.39 is 0 Å². The van der Waals surface area contributed by atoms with Crippen LogP contribution in [0.4, 0.5) is 0 Å². The van der Waals surface area contributed by atoms with Gasteiger partial charge in [-0.25, -0.2) is 0 Å². The maximum Gasteiger partial charge on any atom is 0.238 e. The van der Waals surface area contributed by atoms with E-state index in [1.54, 1.807) is 0 Å². The van der Waals surface area contributed by atoms with Gasteiger partial charge in [-0.3, -0.25) is 0 Å². The molecule has 0 saturated heterocycles. The number of nitrogens with zero attached hydrogens (tertiary/aromatic N) is 2. The van der Waals surface area contributed by atoms with Crippen LogP contribution in [0.2, 0.25) is 0 Å². The van der Waals surface area contributed by atoms with Crippen molar-refractivity contribution >= 4 is 0 Å². The summed E-state index contributed by atoms with van der Waals surface area (Å²) in [4.78, 5) is 0. The van der Waals surface area contributed by atoms with Crippen LogP contribution in [0.3, 0.4) is 0 Å². The van der Waals surface area contributed by atoms with E-state index in [4.69, 9.17) is 0 Å². The predicted octanol–water partition coefficient (Wildman–Crippen LogP) is 0.591. The van der Waals surface area contributed by atoms with Crippen molar-refractivity contribution in [2.45, 2.75) is 0 Å². The molecule has 0 aromatic carbocycles. The van der Waals surface area contributed by atoms with Crippen molar-refractivity contribution in [1.29, 1.82) is 0 Å². The fourth-order valence-electron chi connectivity index (χ4n) is 0.204. The highest BCUT2D eigenvalue weighted by Crippen LogP contribution is 1.93. The van der Waals surface area contributed by atoms with E-state index in [2.05, 4.69) is 15.0 Å². The van der Waals surface area contributed by atoms with Gasteiger partial charge >= 0.3 is 0 Å². The molecule has 3 heteroatoms. The van der Waals surface area contributed by atoms with Crippen molar-refractivity contribution in [3.05, 3.63) is 9.85 Å². The van der Waals surface area contributed by atoms with E-state index in [1.165, 1.54) is 0 Å². The van der Waals surface area contributed by atoms with Crippen LogP contribution >= 0.6 is 0 Å². The minimum Gasteiger partial charge on any atom is -0.545 e. The van der Waals surface area contributed by atoms with Gasteiger partial charge in [0, 0.05) is 0 Å². The van der Waals surface area contributed by atoms with Gasteiger partial charge in [0.15, 0.2) is 0 Å². The lowest BCUT2D eigenvalue weighted by molar-refractivity contribution is 1.22. The summed E-state index contributed by atoms with van der Waals surface area (Å²) in [6.45, 7) is 0.986. The first-order chi connectivity index (χ1) is 2.50. The van der Waals surface area contributed by atoms with Crippen molar-refractivity contribution in [3.63, 3.8) is 0 Å². The van der Waals surface area contributed by atoms with Crippen LogP contribution in [0.1, 0.15) is 0 Å². The van der Waals surface area contributed by atoms with Crippen molar-refractivity contribution in [1.82, 2.24) is 0 Å². The third-order valence-corrected chi connectivity index (χ3v) is 0.398. The van der Waals surface area contributed by atoms with E-state index in [-0.39, 0.29) is 0 Å². The highest BCUT2D eigenvalue weighted by atomic mass is 16.5. The highest BCUT2D eigenvalue weighted by Gasteiger charge is 1.85. The first-order valence-corrected chi connectivity index (χ1v) is 1.42. The molecule has 1 aliphatic rings. The summed E-state index contributed by atoms with van der Waals surface area (Å²) in [7, 11) is 0. The van der Waals surface area contributed by atoms with Crippen molar-refractivity contribution in [2.24, 2.45) is 5.18 Å². The average Bonchev–Trinajstić information content (AvgIpc) is 1.76. The summed E-state index contributed by atoms with van der Waals surface area (Å²) >= 11 is 0. The monoisotopic (exact) mass is 72.0 g/mol. The zero-order valence-electron chi connectivity index (χ0n) is 2.72. The lowest BCUT2D eigenvalue weighted by Crippen LogP contribution is -1.65. The minimum absolute atomic E-state index is 0.458. The number of hydrogen-bond acceptors (Lipinski definition) is 1. The molecule has 0 N–H and O–H groups in total. The van der Waals surface area contributed by atoms with E-state index in [0.29, 0.717) is 13.4 Å². The van der Waals surface area contributed by atoms with Crippen LogP contribution < -0.4 is 0 Å². The maximum atomic E-state index is 4.40. The molecule has 0 spiro atoms. The summed E-state index contributed by atoms with van der Waals surface area (Å²) in [6, 6.07) is 0. The van der Waals surface area contributed by atoms with Crippen LogP contribution in [0, 0.1) is 4.54 Å². The van der Waals surface area contributed by atoms with Crippen LogP contribution in [-0.4, -0.2) is 13.4 Å². The number of nitroso groups, excluding NO2 is 1. The molecule has 1 rings (SSSR count). The summed E-state index contributed by atoms with van der Waals surface area (Å²) < 4.78 is 4.40. The smallest absolute Gasteiger partial charge is 0.238 e. The molecule has 0 amide bonds. The number of rotatable bonds is 0. The molecule has 1 heterocycles. The molecule has 0 saturated carbocycles. The Kier molecular flexibility index (Phi) is 0.624. The Hall–Kier alpha value is -0.440. The Morgan fingerprint density at radius 3 is 3.00 bits per heavy atom. The summed E-state index contributed by atoms with van der Waals surface area (Å²) in [5.41, 5.74) is 0. The quantitative estimate of drug-likeness (QED) is 0.376. The van der Waals surface area contributed by atoms with Gasteiger partial charge in [0.2, 0.25) is 6.73 Å². The molecule has 0 atom stereocenters. The average molecular weight is 72.1 g/mol. The Morgan fingerprint density at radius 1 is 1.80 bits per heavy atom. The Morgan fingerprint density at radius 2 is 2.80 bits per heavy atom. The van der Waals surface area contributed by atoms with Gasteiger partial charge in [-0.05, 0) is 0 Å². The van der Waals surface area contributed by atoms with Crippen LogP contribution in [0.25, 0.3) is 5.32 Å². The summed E-state index contributed by atoms with van der Waals surface area (Å²) in [5.74, 6) is 0. The Labute approximate surface area is 29.7 Å². The van der Waals surface area contributed by atoms with Gasteiger partial charge in [0.1, 0.15) is 0 Å². The van der Waals surface area contributed by atoms with Crippen LogP contribution in [0.15, 0.2) is 5.18 Å². The molecule has 0 radical (unpaired) electrons. The Bertz CT molecular complexity index is 45.6. The molecule has 28 valence electrons. The number of hydrogen-bond donors (Lipinski definition) is 0. The molecule has 0 fully saturated rings. The molecule has 3 nitrogen and oxygen atoms in total. The second-order valence-corrected chi connectivity index (χ2v) is 0.752. The van der Waals surface area contributed by atoms with Gasteiger partial charge in [-0.15, -0.1) is 4.54 Å². The van der Waals surface area contributed by atoms with Crippen LogP contribution in [0.5, 0.6) is 0 Å². The van der Waals surface area contributed by atoms with E-state index in [9.17, 15) is 0 Å². The van der Waals surface area contributed by atoms with Gasteiger partial charge in [0.25, 0.3) is 0 Å².